The van der Waals surface area contributed by atoms with Crippen LogP contribution >= 0.6 is 23.2 Å². The molecule has 40 heavy (non-hydrogen) atoms. The van der Waals surface area contributed by atoms with Gasteiger partial charge in [-0.15, -0.1) is 0 Å². The Bertz CT molecular complexity index is 1450. The summed E-state index contributed by atoms with van der Waals surface area (Å²) in [5.74, 6) is -0.797. The molecule has 212 valence electrons. The van der Waals surface area contributed by atoms with Crippen molar-refractivity contribution >= 4 is 40.9 Å². The number of nitrogens with zero attached hydrogens (tertiary/aromatic N) is 3. The maximum Gasteiger partial charge on any atom is 0.410 e. The number of methoxy groups -OCH3 is 1. The number of nitrogens with one attached hydrogen (secondary N) is 1. The molecule has 1 aliphatic heterocycles. The third kappa shape index (κ3) is 6.56. The molecule has 0 unspecified atom stereocenters. The second-order valence-electron chi connectivity index (χ2n) is 10.4. The van der Waals surface area contributed by atoms with Crippen molar-refractivity contribution < 1.29 is 23.5 Å². The lowest BCUT2D eigenvalue weighted by Crippen LogP contribution is -2.44. The summed E-state index contributed by atoms with van der Waals surface area (Å²) in [4.78, 5) is 35.0. The van der Waals surface area contributed by atoms with Crippen LogP contribution in [-0.2, 0) is 16.1 Å². The Balaban J connectivity index is 1.70. The van der Waals surface area contributed by atoms with Crippen molar-refractivity contribution in [3.63, 3.8) is 0 Å². The summed E-state index contributed by atoms with van der Waals surface area (Å²) < 4.78 is 26.7. The number of aromatic nitrogens is 2. The second-order valence-corrected chi connectivity index (χ2v) is 11.1. The van der Waals surface area contributed by atoms with Gasteiger partial charge in [0.25, 0.3) is 0 Å². The molecule has 0 saturated carbocycles. The number of anilines is 1. The molecule has 2 aromatic heterocycles. The summed E-state index contributed by atoms with van der Waals surface area (Å²) in [5, 5.41) is 3.32. The number of benzene rings is 1. The number of carbonyl (C=O) groups excluding carboxylic acids is 2. The predicted molar refractivity (Wildman–Crippen MR) is 152 cm³/mol. The third-order valence-electron chi connectivity index (χ3n) is 6.20. The summed E-state index contributed by atoms with van der Waals surface area (Å²) >= 11 is 13.1. The predicted octanol–water partition coefficient (Wildman–Crippen LogP) is 5.86. The zero-order valence-corrected chi connectivity index (χ0v) is 24.1. The van der Waals surface area contributed by atoms with Gasteiger partial charge in [-0.1, -0.05) is 35.3 Å². The molecule has 9 nitrogen and oxygen atoms in total. The molecule has 3 heterocycles. The molecule has 1 fully saturated rings. The van der Waals surface area contributed by atoms with Gasteiger partial charge in [0.15, 0.2) is 0 Å². The van der Waals surface area contributed by atoms with Crippen LogP contribution in [0.4, 0.5) is 14.9 Å². The number of rotatable bonds is 7. The standard InChI is InChI=1S/C28H30Cl2FN5O4/c1-28(2,3)40-27(38)36(13-15-8-9-22(37)34-15)14-18-19(31)12-21(35-26(18)39-4)16-10-11-33-25(24(16)30)17-6-5-7-20(32)23(17)29/h5-7,10-12,15H,8-9,13-14,32H2,1-4H3,(H,34,37)/t15-/m0/s1. The van der Waals surface area contributed by atoms with Crippen LogP contribution in [0.5, 0.6) is 5.88 Å². The third-order valence-corrected chi connectivity index (χ3v) is 7.00. The molecular weight excluding hydrogens is 560 g/mol. The smallest absolute Gasteiger partial charge is 0.410 e. The Kier molecular flexibility index (Phi) is 8.70. The van der Waals surface area contributed by atoms with Gasteiger partial charge in [0.05, 0.1) is 46.3 Å². The molecule has 0 bridgehead atoms. The lowest BCUT2D eigenvalue weighted by molar-refractivity contribution is -0.119. The molecule has 2 amide bonds. The van der Waals surface area contributed by atoms with E-state index in [1.807, 2.05) is 0 Å². The summed E-state index contributed by atoms with van der Waals surface area (Å²) in [6.45, 7) is 5.15. The van der Waals surface area contributed by atoms with E-state index in [2.05, 4.69) is 15.3 Å². The van der Waals surface area contributed by atoms with Crippen LogP contribution in [0.25, 0.3) is 22.5 Å². The van der Waals surface area contributed by atoms with Gasteiger partial charge >= 0.3 is 6.09 Å². The van der Waals surface area contributed by atoms with Crippen LogP contribution in [0.15, 0.2) is 36.5 Å². The number of hydrogen-bond acceptors (Lipinski definition) is 7. The quantitative estimate of drug-likeness (QED) is 0.331. The number of carbonyl (C=O) groups is 2. The van der Waals surface area contributed by atoms with Crippen molar-refractivity contribution in [1.82, 2.24) is 20.2 Å². The summed E-state index contributed by atoms with van der Waals surface area (Å²) in [6, 6.07) is 7.65. The summed E-state index contributed by atoms with van der Waals surface area (Å²) in [7, 11) is 1.36. The number of pyridine rings is 2. The summed E-state index contributed by atoms with van der Waals surface area (Å²) in [6.07, 6.45) is 1.77. The van der Waals surface area contributed by atoms with Crippen LogP contribution in [0.2, 0.25) is 10.0 Å². The first kappa shape index (κ1) is 29.4. The van der Waals surface area contributed by atoms with Crippen molar-refractivity contribution in [3.8, 4) is 28.4 Å². The van der Waals surface area contributed by atoms with Crippen molar-refractivity contribution in [2.45, 2.75) is 51.8 Å². The van der Waals surface area contributed by atoms with Crippen LogP contribution in [0, 0.1) is 5.82 Å². The van der Waals surface area contributed by atoms with Crippen LogP contribution in [-0.4, -0.2) is 52.2 Å². The van der Waals surface area contributed by atoms with Crippen LogP contribution in [0.3, 0.4) is 0 Å². The molecule has 3 aromatic rings. The van der Waals surface area contributed by atoms with E-state index in [1.54, 1.807) is 45.0 Å². The van der Waals surface area contributed by atoms with Gasteiger partial charge in [-0.2, -0.15) is 0 Å². The SMILES string of the molecule is COc1nc(-c2ccnc(-c3cccc(N)c3Cl)c2Cl)cc(F)c1CN(C[C@@H]1CCC(=O)N1)C(=O)OC(C)(C)C. The number of nitrogens with two attached hydrogens (primary N) is 1. The Morgan fingerprint density at radius 3 is 2.62 bits per heavy atom. The van der Waals surface area contributed by atoms with E-state index in [9.17, 15) is 9.59 Å². The van der Waals surface area contributed by atoms with Gasteiger partial charge in [0, 0.05) is 42.4 Å². The number of nitrogen functional groups attached to an aromatic ring is 1. The Hall–Kier alpha value is -3.63. The molecule has 1 aliphatic rings. The maximum absolute atomic E-state index is 15.7. The van der Waals surface area contributed by atoms with Crippen molar-refractivity contribution in [1.29, 1.82) is 0 Å². The van der Waals surface area contributed by atoms with Gasteiger partial charge in [0.1, 0.15) is 11.4 Å². The zero-order chi connectivity index (χ0) is 29.2. The molecule has 3 N–H and O–H groups in total. The highest BCUT2D eigenvalue weighted by molar-refractivity contribution is 6.38. The molecule has 0 aliphatic carbocycles. The Morgan fingerprint density at radius 2 is 1.98 bits per heavy atom. The number of ether oxygens (including phenoxy) is 2. The van der Waals surface area contributed by atoms with E-state index in [0.29, 0.717) is 40.4 Å². The van der Waals surface area contributed by atoms with Gasteiger partial charge in [0.2, 0.25) is 11.8 Å². The van der Waals surface area contributed by atoms with E-state index in [0.717, 1.165) is 0 Å². The van der Waals surface area contributed by atoms with E-state index in [-0.39, 0.29) is 47.2 Å². The maximum atomic E-state index is 15.7. The van der Waals surface area contributed by atoms with Crippen LogP contribution < -0.4 is 15.8 Å². The van der Waals surface area contributed by atoms with E-state index >= 15 is 4.39 Å². The van der Waals surface area contributed by atoms with Gasteiger partial charge in [-0.05, 0) is 39.3 Å². The number of amides is 2. The normalized spacial score (nSPS) is 15.1. The lowest BCUT2D eigenvalue weighted by atomic mass is 10.0. The summed E-state index contributed by atoms with van der Waals surface area (Å²) in [5.41, 5.74) is 7.05. The first-order valence-corrected chi connectivity index (χ1v) is 13.3. The largest absolute Gasteiger partial charge is 0.481 e. The van der Waals surface area contributed by atoms with E-state index in [1.165, 1.54) is 24.3 Å². The average molecular weight is 590 g/mol. The van der Waals surface area contributed by atoms with E-state index < -0.39 is 17.5 Å². The molecule has 1 atom stereocenters. The molecule has 1 saturated heterocycles. The van der Waals surface area contributed by atoms with Crippen molar-refractivity contribution in [2.75, 3.05) is 19.4 Å². The molecule has 0 radical (unpaired) electrons. The molecule has 4 rings (SSSR count). The molecule has 12 heteroatoms. The minimum Gasteiger partial charge on any atom is -0.481 e. The highest BCUT2D eigenvalue weighted by Gasteiger charge is 2.30. The van der Waals surface area contributed by atoms with Crippen LogP contribution in [0.1, 0.15) is 39.2 Å². The number of halogens is 3. The average Bonchev–Trinajstić information content (AvgIpc) is 3.30. The lowest BCUT2D eigenvalue weighted by Gasteiger charge is -2.29. The van der Waals surface area contributed by atoms with Gasteiger partial charge in [-0.3, -0.25) is 9.78 Å². The van der Waals surface area contributed by atoms with Gasteiger partial charge in [-0.25, -0.2) is 14.2 Å². The minimum absolute atomic E-state index is 0.0320. The highest BCUT2D eigenvalue weighted by Crippen LogP contribution is 2.40. The van der Waals surface area contributed by atoms with Gasteiger partial charge < -0.3 is 25.4 Å². The molecular formula is C28H30Cl2FN5O4. The first-order valence-electron chi connectivity index (χ1n) is 12.6. The molecule has 1 aromatic carbocycles. The highest BCUT2D eigenvalue weighted by atomic mass is 35.5. The fourth-order valence-corrected chi connectivity index (χ4v) is 4.86. The Labute approximate surface area is 241 Å². The monoisotopic (exact) mass is 589 g/mol. The van der Waals surface area contributed by atoms with E-state index in [4.69, 9.17) is 38.4 Å². The molecule has 0 spiro atoms. The zero-order valence-electron chi connectivity index (χ0n) is 22.6. The Morgan fingerprint density at radius 1 is 1.23 bits per heavy atom. The minimum atomic E-state index is -0.777. The second kappa shape index (κ2) is 11.9. The number of hydrogen-bond donors (Lipinski definition) is 2. The van der Waals surface area contributed by atoms with Crippen molar-refractivity contribution in [2.24, 2.45) is 0 Å². The topological polar surface area (TPSA) is 120 Å². The first-order chi connectivity index (χ1) is 18.9. The fraction of sp³-hybridized carbons (Fsp3) is 0.357. The fourth-order valence-electron chi connectivity index (χ4n) is 4.33. The van der Waals surface area contributed by atoms with Crippen molar-refractivity contribution in [3.05, 3.63) is 58.0 Å².